The number of nitrogen functional groups attached to an aromatic ring is 1. The third kappa shape index (κ3) is 2.05. The Kier molecular flexibility index (Phi) is 2.90. The Morgan fingerprint density at radius 2 is 2.28 bits per heavy atom. The summed E-state index contributed by atoms with van der Waals surface area (Å²) in [5, 5.41) is 4.27. The van der Waals surface area contributed by atoms with Gasteiger partial charge in [-0.3, -0.25) is 5.43 Å². The predicted octanol–water partition coefficient (Wildman–Crippen LogP) is 2.42. The second-order valence-electron chi connectivity index (χ2n) is 3.49. The highest BCUT2D eigenvalue weighted by atomic mass is 32.2. The summed E-state index contributed by atoms with van der Waals surface area (Å²) in [5.74, 6) is 5.74. The van der Waals surface area contributed by atoms with Gasteiger partial charge in [0, 0.05) is 5.39 Å². The molecule has 3 aromatic rings. The molecule has 0 fully saturated rings. The molecule has 0 aliphatic heterocycles. The summed E-state index contributed by atoms with van der Waals surface area (Å²) in [6.07, 6.45) is 1.61. The van der Waals surface area contributed by atoms with Crippen molar-refractivity contribution in [2.24, 2.45) is 5.84 Å². The molecule has 3 aromatic heterocycles. The van der Waals surface area contributed by atoms with Crippen LogP contribution in [0.1, 0.15) is 5.69 Å². The average Bonchev–Trinajstić information content (AvgIpc) is 2.98. The van der Waals surface area contributed by atoms with Crippen molar-refractivity contribution in [1.29, 1.82) is 0 Å². The number of nitrogens with zero attached hydrogens (tertiary/aromatic N) is 3. The van der Waals surface area contributed by atoms with E-state index in [2.05, 4.69) is 20.4 Å². The molecule has 92 valence electrons. The number of rotatable bonds is 3. The van der Waals surface area contributed by atoms with Crippen molar-refractivity contribution in [2.75, 3.05) is 5.43 Å². The van der Waals surface area contributed by atoms with Crippen LogP contribution in [0.15, 0.2) is 32.4 Å². The van der Waals surface area contributed by atoms with Gasteiger partial charge in [-0.25, -0.2) is 20.8 Å². The quantitative estimate of drug-likeness (QED) is 0.432. The highest BCUT2D eigenvalue weighted by molar-refractivity contribution is 7.99. The first-order valence-electron chi connectivity index (χ1n) is 5.08. The molecule has 3 N–H and O–H groups in total. The standard InChI is InChI=1S/C10H9N5OS2/c1-5-4-16-10(12-5)18-8-6-2-3-17-7(6)13-9(14-8)15-11/h2-4H,11H2,1H3,(H,13,14,15). The van der Waals surface area contributed by atoms with Crippen LogP contribution in [0, 0.1) is 6.92 Å². The minimum absolute atomic E-state index is 0.385. The van der Waals surface area contributed by atoms with Crippen LogP contribution in [0.4, 0.5) is 5.95 Å². The Bertz CT molecular complexity index is 692. The molecular weight excluding hydrogens is 270 g/mol. The summed E-state index contributed by atoms with van der Waals surface area (Å²) in [7, 11) is 0. The molecule has 8 heteroatoms. The number of hydrazine groups is 1. The van der Waals surface area contributed by atoms with Crippen LogP contribution in [0.25, 0.3) is 10.2 Å². The van der Waals surface area contributed by atoms with Crippen LogP contribution in [0.2, 0.25) is 0 Å². The number of fused-ring (bicyclic) bond motifs is 1. The minimum atomic E-state index is 0.385. The Labute approximate surface area is 111 Å². The van der Waals surface area contributed by atoms with Crippen LogP contribution in [0.5, 0.6) is 0 Å². The fourth-order valence-electron chi connectivity index (χ4n) is 1.43. The van der Waals surface area contributed by atoms with E-state index >= 15 is 0 Å². The summed E-state index contributed by atoms with van der Waals surface area (Å²) in [5.41, 5.74) is 3.30. The monoisotopic (exact) mass is 279 g/mol. The number of hydrogen-bond donors (Lipinski definition) is 2. The maximum Gasteiger partial charge on any atom is 0.262 e. The van der Waals surface area contributed by atoms with Crippen LogP contribution in [0.3, 0.4) is 0 Å². The Morgan fingerprint density at radius 3 is 3.00 bits per heavy atom. The normalized spacial score (nSPS) is 11.0. The number of hydrogen-bond acceptors (Lipinski definition) is 8. The van der Waals surface area contributed by atoms with Crippen LogP contribution >= 0.6 is 23.1 Å². The zero-order valence-corrected chi connectivity index (χ0v) is 11.0. The van der Waals surface area contributed by atoms with Gasteiger partial charge in [-0.15, -0.1) is 11.3 Å². The molecule has 0 saturated heterocycles. The zero-order chi connectivity index (χ0) is 12.5. The molecule has 3 rings (SSSR count). The lowest BCUT2D eigenvalue weighted by Gasteiger charge is -2.02. The van der Waals surface area contributed by atoms with Crippen LogP contribution in [-0.2, 0) is 0 Å². The summed E-state index contributed by atoms with van der Waals surface area (Å²) < 4.78 is 5.31. The summed E-state index contributed by atoms with van der Waals surface area (Å²) >= 11 is 2.89. The molecule has 0 saturated carbocycles. The molecule has 18 heavy (non-hydrogen) atoms. The van der Waals surface area contributed by atoms with Gasteiger partial charge in [-0.05, 0) is 30.1 Å². The lowest BCUT2D eigenvalue weighted by Crippen LogP contribution is -2.10. The molecule has 6 nitrogen and oxygen atoms in total. The van der Waals surface area contributed by atoms with Gasteiger partial charge in [-0.1, -0.05) is 0 Å². The maximum atomic E-state index is 5.36. The molecular formula is C10H9N5OS2. The van der Waals surface area contributed by atoms with E-state index in [1.54, 1.807) is 6.26 Å². The van der Waals surface area contributed by atoms with Crippen molar-refractivity contribution < 1.29 is 4.42 Å². The smallest absolute Gasteiger partial charge is 0.262 e. The van der Waals surface area contributed by atoms with Gasteiger partial charge >= 0.3 is 0 Å². The molecule has 0 radical (unpaired) electrons. The van der Waals surface area contributed by atoms with Gasteiger partial charge in [0.15, 0.2) is 0 Å². The van der Waals surface area contributed by atoms with Crippen molar-refractivity contribution >= 4 is 39.3 Å². The van der Waals surface area contributed by atoms with E-state index in [1.807, 2.05) is 18.4 Å². The third-order valence-electron chi connectivity index (χ3n) is 2.20. The number of aryl methyl sites for hydroxylation is 1. The van der Waals surface area contributed by atoms with Gasteiger partial charge < -0.3 is 4.42 Å². The summed E-state index contributed by atoms with van der Waals surface area (Å²) in [6.45, 7) is 1.88. The fraction of sp³-hybridized carbons (Fsp3) is 0.100. The molecule has 0 atom stereocenters. The lowest BCUT2D eigenvalue weighted by atomic mass is 10.4. The first kappa shape index (κ1) is 11.5. The van der Waals surface area contributed by atoms with Crippen LogP contribution < -0.4 is 11.3 Å². The SMILES string of the molecule is Cc1coc(Sc2nc(NN)nc3sccc23)n1. The highest BCUT2D eigenvalue weighted by Gasteiger charge is 2.12. The van der Waals surface area contributed by atoms with Gasteiger partial charge in [0.05, 0.1) is 5.69 Å². The molecule has 0 amide bonds. The fourth-order valence-corrected chi connectivity index (χ4v) is 3.12. The Morgan fingerprint density at radius 1 is 1.39 bits per heavy atom. The number of thiophene rings is 1. The highest BCUT2D eigenvalue weighted by Crippen LogP contribution is 2.33. The first-order chi connectivity index (χ1) is 8.76. The predicted molar refractivity (Wildman–Crippen MR) is 70.6 cm³/mol. The second-order valence-corrected chi connectivity index (χ2v) is 5.33. The van der Waals surface area contributed by atoms with E-state index in [0.717, 1.165) is 20.9 Å². The molecule has 0 aliphatic rings. The van der Waals surface area contributed by atoms with Crippen molar-refractivity contribution in [1.82, 2.24) is 15.0 Å². The number of oxazole rings is 1. The largest absolute Gasteiger partial charge is 0.439 e. The van der Waals surface area contributed by atoms with Gasteiger partial charge in [0.25, 0.3) is 5.22 Å². The minimum Gasteiger partial charge on any atom is -0.439 e. The van der Waals surface area contributed by atoms with E-state index in [0.29, 0.717) is 11.2 Å². The molecule has 0 aliphatic carbocycles. The number of nitrogens with one attached hydrogen (secondary N) is 1. The zero-order valence-electron chi connectivity index (χ0n) is 9.38. The number of anilines is 1. The Hall–Kier alpha value is -1.64. The number of nitrogens with two attached hydrogens (primary N) is 1. The molecule has 0 unspecified atom stereocenters. The number of aromatic nitrogens is 3. The van der Waals surface area contributed by atoms with E-state index in [9.17, 15) is 0 Å². The van der Waals surface area contributed by atoms with Crippen molar-refractivity contribution in [3.63, 3.8) is 0 Å². The topological polar surface area (TPSA) is 89.9 Å². The van der Waals surface area contributed by atoms with Gasteiger partial charge in [0.2, 0.25) is 5.95 Å². The average molecular weight is 279 g/mol. The molecule has 0 spiro atoms. The second kappa shape index (κ2) is 4.56. The molecule has 0 aromatic carbocycles. The lowest BCUT2D eigenvalue weighted by molar-refractivity contribution is 0.454. The van der Waals surface area contributed by atoms with Crippen molar-refractivity contribution in [3.05, 3.63) is 23.4 Å². The third-order valence-corrected chi connectivity index (χ3v) is 3.87. The van der Waals surface area contributed by atoms with E-state index in [1.165, 1.54) is 23.1 Å². The summed E-state index contributed by atoms with van der Waals surface area (Å²) in [4.78, 5) is 13.7. The first-order valence-corrected chi connectivity index (χ1v) is 6.78. The van der Waals surface area contributed by atoms with E-state index in [4.69, 9.17) is 10.3 Å². The summed E-state index contributed by atoms with van der Waals surface area (Å²) in [6, 6.07) is 1.97. The molecule has 3 heterocycles. The Balaban J connectivity index is 2.06. The van der Waals surface area contributed by atoms with Crippen molar-refractivity contribution in [3.8, 4) is 0 Å². The van der Waals surface area contributed by atoms with E-state index < -0.39 is 0 Å². The van der Waals surface area contributed by atoms with Gasteiger partial charge in [-0.2, -0.15) is 0 Å². The van der Waals surface area contributed by atoms with Gasteiger partial charge in [0.1, 0.15) is 16.1 Å². The van der Waals surface area contributed by atoms with E-state index in [-0.39, 0.29) is 0 Å². The van der Waals surface area contributed by atoms with Crippen molar-refractivity contribution in [2.45, 2.75) is 17.2 Å². The van der Waals surface area contributed by atoms with Crippen LogP contribution in [-0.4, -0.2) is 15.0 Å². The maximum absolute atomic E-state index is 5.36. The molecule has 0 bridgehead atoms.